The van der Waals surface area contributed by atoms with Crippen LogP contribution in [-0.2, 0) is 6.42 Å². The van der Waals surface area contributed by atoms with Crippen LogP contribution in [0.15, 0.2) is 36.4 Å². The Kier molecular flexibility index (Phi) is 3.95. The number of aryl methyl sites for hydroxylation is 1. The molecule has 0 aliphatic rings. The summed E-state index contributed by atoms with van der Waals surface area (Å²) in [6.07, 6.45) is 2.36. The van der Waals surface area contributed by atoms with Crippen molar-refractivity contribution >= 4 is 16.7 Å². The van der Waals surface area contributed by atoms with Gasteiger partial charge in [-0.15, -0.1) is 0 Å². The van der Waals surface area contributed by atoms with Crippen LogP contribution in [0.4, 0.5) is 0 Å². The van der Waals surface area contributed by atoms with E-state index in [0.717, 1.165) is 35.6 Å². The van der Waals surface area contributed by atoms with E-state index < -0.39 is 0 Å². The molecule has 18 heavy (non-hydrogen) atoms. The molecule has 2 aromatic carbocycles. The predicted octanol–water partition coefficient (Wildman–Crippen LogP) is 2.25. The van der Waals surface area contributed by atoms with Gasteiger partial charge in [0.2, 0.25) is 5.91 Å². The summed E-state index contributed by atoms with van der Waals surface area (Å²) in [5, 5.41) is 10.7. The van der Waals surface area contributed by atoms with Gasteiger partial charge < -0.3 is 10.8 Å². The number of hydrogen-bond donors (Lipinski definition) is 2. The van der Waals surface area contributed by atoms with Crippen molar-refractivity contribution in [2.24, 2.45) is 5.73 Å². The highest BCUT2D eigenvalue weighted by Gasteiger charge is 2.11. The number of unbranched alkanes of at least 4 members (excludes halogenated alkanes) is 1. The fraction of sp³-hybridized carbons (Fsp3) is 0.267. The molecule has 0 radical (unpaired) electrons. The summed E-state index contributed by atoms with van der Waals surface area (Å²) in [6, 6.07) is 11.7. The molecule has 0 heterocycles. The second-order valence-electron chi connectivity index (χ2n) is 4.37. The van der Waals surface area contributed by atoms with Crippen molar-refractivity contribution in [1.82, 2.24) is 0 Å². The van der Waals surface area contributed by atoms with Gasteiger partial charge in [0.15, 0.2) is 0 Å². The van der Waals surface area contributed by atoms with Gasteiger partial charge in [0.1, 0.15) is 0 Å². The first-order chi connectivity index (χ1) is 8.74. The van der Waals surface area contributed by atoms with Gasteiger partial charge in [0.25, 0.3) is 0 Å². The van der Waals surface area contributed by atoms with Crippen LogP contribution in [0.1, 0.15) is 28.8 Å². The number of carbonyl (C=O) groups is 1. The van der Waals surface area contributed by atoms with Gasteiger partial charge in [-0.3, -0.25) is 4.79 Å². The molecule has 0 bridgehead atoms. The summed E-state index contributed by atoms with van der Waals surface area (Å²) < 4.78 is 0. The van der Waals surface area contributed by atoms with Crippen molar-refractivity contribution in [3.63, 3.8) is 0 Å². The first-order valence-electron chi connectivity index (χ1n) is 6.15. The SMILES string of the molecule is NC(=O)c1c(CCCCO)ccc2ccccc12. The van der Waals surface area contributed by atoms with Crippen molar-refractivity contribution < 1.29 is 9.90 Å². The average molecular weight is 243 g/mol. The van der Waals surface area contributed by atoms with Crippen molar-refractivity contribution in [3.05, 3.63) is 47.5 Å². The molecule has 3 heteroatoms. The number of fused-ring (bicyclic) bond motifs is 1. The highest BCUT2D eigenvalue weighted by atomic mass is 16.2. The lowest BCUT2D eigenvalue weighted by Crippen LogP contribution is -2.14. The Hall–Kier alpha value is -1.87. The summed E-state index contributed by atoms with van der Waals surface area (Å²) in [4.78, 5) is 11.6. The highest BCUT2D eigenvalue weighted by Crippen LogP contribution is 2.23. The van der Waals surface area contributed by atoms with E-state index in [1.807, 2.05) is 36.4 Å². The van der Waals surface area contributed by atoms with Gasteiger partial charge >= 0.3 is 0 Å². The molecule has 0 spiro atoms. The minimum absolute atomic E-state index is 0.180. The van der Waals surface area contributed by atoms with Crippen LogP contribution in [0.5, 0.6) is 0 Å². The Morgan fingerprint density at radius 2 is 1.89 bits per heavy atom. The van der Waals surface area contributed by atoms with Gasteiger partial charge in [-0.05, 0) is 35.6 Å². The number of nitrogens with two attached hydrogens (primary N) is 1. The summed E-state index contributed by atoms with van der Waals surface area (Å²) in [7, 11) is 0. The van der Waals surface area contributed by atoms with Crippen LogP contribution in [0.3, 0.4) is 0 Å². The molecule has 1 amide bonds. The van der Waals surface area contributed by atoms with E-state index >= 15 is 0 Å². The molecule has 3 N–H and O–H groups in total. The lowest BCUT2D eigenvalue weighted by Gasteiger charge is -2.10. The second-order valence-corrected chi connectivity index (χ2v) is 4.37. The van der Waals surface area contributed by atoms with Gasteiger partial charge in [-0.2, -0.15) is 0 Å². The number of amides is 1. The van der Waals surface area contributed by atoms with E-state index in [9.17, 15) is 4.79 Å². The van der Waals surface area contributed by atoms with Crippen LogP contribution in [0, 0.1) is 0 Å². The van der Waals surface area contributed by atoms with Crippen LogP contribution >= 0.6 is 0 Å². The first kappa shape index (κ1) is 12.6. The molecule has 3 nitrogen and oxygen atoms in total. The Balaban J connectivity index is 2.46. The third-order valence-electron chi connectivity index (χ3n) is 3.12. The molecule has 2 rings (SSSR count). The van der Waals surface area contributed by atoms with Crippen molar-refractivity contribution in [2.45, 2.75) is 19.3 Å². The molecule has 0 saturated carbocycles. The zero-order valence-corrected chi connectivity index (χ0v) is 10.2. The van der Waals surface area contributed by atoms with E-state index in [2.05, 4.69) is 0 Å². The maximum Gasteiger partial charge on any atom is 0.249 e. The average Bonchev–Trinajstić information content (AvgIpc) is 2.38. The van der Waals surface area contributed by atoms with Crippen molar-refractivity contribution in [1.29, 1.82) is 0 Å². The maximum atomic E-state index is 11.6. The number of aliphatic hydroxyl groups is 1. The van der Waals surface area contributed by atoms with Crippen LogP contribution in [-0.4, -0.2) is 17.6 Å². The number of aliphatic hydroxyl groups excluding tert-OH is 1. The van der Waals surface area contributed by atoms with E-state index in [4.69, 9.17) is 10.8 Å². The summed E-state index contributed by atoms with van der Waals surface area (Å²) in [6.45, 7) is 0.180. The number of rotatable bonds is 5. The number of hydrogen-bond acceptors (Lipinski definition) is 2. The van der Waals surface area contributed by atoms with Gasteiger partial charge in [-0.1, -0.05) is 36.4 Å². The van der Waals surface area contributed by atoms with Crippen LogP contribution in [0.2, 0.25) is 0 Å². The Bertz CT molecular complexity index is 563. The topological polar surface area (TPSA) is 63.3 Å². The highest BCUT2D eigenvalue weighted by molar-refractivity contribution is 6.07. The third kappa shape index (κ3) is 2.51. The van der Waals surface area contributed by atoms with Crippen LogP contribution in [0.25, 0.3) is 10.8 Å². The molecule has 0 unspecified atom stereocenters. The molecule has 0 aliphatic heterocycles. The predicted molar refractivity (Wildman–Crippen MR) is 72.5 cm³/mol. The molecular weight excluding hydrogens is 226 g/mol. The molecule has 94 valence electrons. The van der Waals surface area contributed by atoms with E-state index in [1.165, 1.54) is 0 Å². The Morgan fingerprint density at radius 1 is 1.11 bits per heavy atom. The first-order valence-corrected chi connectivity index (χ1v) is 6.15. The standard InChI is InChI=1S/C15H17NO2/c16-15(18)14-12(6-3-4-10-17)9-8-11-5-1-2-7-13(11)14/h1-2,5,7-9,17H,3-4,6,10H2,(H2,16,18). The maximum absolute atomic E-state index is 11.6. The molecule has 0 aromatic heterocycles. The van der Waals surface area contributed by atoms with E-state index in [-0.39, 0.29) is 12.5 Å². The lowest BCUT2D eigenvalue weighted by atomic mass is 9.95. The Morgan fingerprint density at radius 3 is 2.61 bits per heavy atom. The molecule has 0 fully saturated rings. The van der Waals surface area contributed by atoms with Gasteiger partial charge in [0, 0.05) is 6.61 Å². The fourth-order valence-electron chi connectivity index (χ4n) is 2.24. The fourth-order valence-corrected chi connectivity index (χ4v) is 2.24. The lowest BCUT2D eigenvalue weighted by molar-refractivity contribution is 0.100. The molecular formula is C15H17NO2. The largest absolute Gasteiger partial charge is 0.396 e. The van der Waals surface area contributed by atoms with Gasteiger partial charge in [0.05, 0.1) is 5.56 Å². The second kappa shape index (κ2) is 5.65. The summed E-state index contributed by atoms with van der Waals surface area (Å²) in [5.74, 6) is -0.384. The normalized spacial score (nSPS) is 10.7. The Labute approximate surface area is 106 Å². The smallest absolute Gasteiger partial charge is 0.249 e. The zero-order valence-electron chi connectivity index (χ0n) is 10.2. The monoisotopic (exact) mass is 243 g/mol. The van der Waals surface area contributed by atoms with E-state index in [0.29, 0.717) is 5.56 Å². The number of carbonyl (C=O) groups excluding carboxylic acids is 1. The summed E-state index contributed by atoms with van der Waals surface area (Å²) >= 11 is 0. The molecule has 0 atom stereocenters. The molecule has 2 aromatic rings. The number of primary amides is 1. The minimum Gasteiger partial charge on any atom is -0.396 e. The number of benzene rings is 2. The van der Waals surface area contributed by atoms with E-state index in [1.54, 1.807) is 0 Å². The van der Waals surface area contributed by atoms with Crippen molar-refractivity contribution in [2.75, 3.05) is 6.61 Å². The zero-order chi connectivity index (χ0) is 13.0. The quantitative estimate of drug-likeness (QED) is 0.791. The third-order valence-corrected chi connectivity index (χ3v) is 3.12. The van der Waals surface area contributed by atoms with Crippen molar-refractivity contribution in [3.8, 4) is 0 Å². The molecule has 0 aliphatic carbocycles. The molecule has 0 saturated heterocycles. The van der Waals surface area contributed by atoms with Gasteiger partial charge in [-0.25, -0.2) is 0 Å². The minimum atomic E-state index is -0.384. The van der Waals surface area contributed by atoms with Crippen LogP contribution < -0.4 is 5.73 Å². The summed E-state index contributed by atoms with van der Waals surface area (Å²) in [5.41, 5.74) is 7.08.